The summed E-state index contributed by atoms with van der Waals surface area (Å²) in [6, 6.07) is 0.706. The maximum Gasteiger partial charge on any atom is 0.0541 e. The van der Waals surface area contributed by atoms with E-state index >= 15 is 0 Å². The Morgan fingerprint density at radius 3 is 2.47 bits per heavy atom. The minimum Gasteiger partial charge on any atom is -0.396 e. The second kappa shape index (κ2) is 5.28. The molecule has 1 aliphatic carbocycles. The Labute approximate surface area is 92.1 Å². The van der Waals surface area contributed by atoms with Gasteiger partial charge in [-0.3, -0.25) is 0 Å². The van der Waals surface area contributed by atoms with Crippen LogP contribution in [0.1, 0.15) is 38.5 Å². The van der Waals surface area contributed by atoms with E-state index in [9.17, 15) is 5.11 Å². The fourth-order valence-corrected chi connectivity index (χ4v) is 3.04. The molecule has 2 rings (SSSR count). The summed E-state index contributed by atoms with van der Waals surface area (Å²) in [6.45, 7) is 2.70. The molecule has 88 valence electrons. The smallest absolute Gasteiger partial charge is 0.0541 e. The average molecular weight is 213 g/mol. The minimum atomic E-state index is -0.0444. The van der Waals surface area contributed by atoms with Crippen LogP contribution in [0.3, 0.4) is 0 Å². The van der Waals surface area contributed by atoms with Gasteiger partial charge in [0.25, 0.3) is 0 Å². The molecule has 0 aromatic rings. The fraction of sp³-hybridized carbons (Fsp3) is 1.00. The van der Waals surface area contributed by atoms with E-state index in [1.54, 1.807) is 0 Å². The highest BCUT2D eigenvalue weighted by molar-refractivity contribution is 4.84. The molecule has 1 saturated carbocycles. The molecule has 0 amide bonds. The normalized spacial score (nSPS) is 38.4. The van der Waals surface area contributed by atoms with Crippen molar-refractivity contribution in [2.45, 2.75) is 50.7 Å². The predicted molar refractivity (Wildman–Crippen MR) is 59.6 cm³/mol. The molecule has 0 aromatic carbocycles. The predicted octanol–water partition coefficient (Wildman–Crippen LogP) is 0.994. The lowest BCUT2D eigenvalue weighted by atomic mass is 9.92. The first-order chi connectivity index (χ1) is 7.29. The molecule has 0 radical (unpaired) electrons. The quantitative estimate of drug-likeness (QED) is 0.735. The third-order valence-electron chi connectivity index (χ3n) is 4.04. The molecule has 0 spiro atoms. The van der Waals surface area contributed by atoms with Gasteiger partial charge in [-0.15, -0.1) is 0 Å². The van der Waals surface area contributed by atoms with Crippen LogP contribution in [-0.2, 0) is 0 Å². The summed E-state index contributed by atoms with van der Waals surface area (Å²) in [6.07, 6.45) is 6.44. The summed E-state index contributed by atoms with van der Waals surface area (Å²) < 4.78 is 0. The van der Waals surface area contributed by atoms with Crippen molar-refractivity contribution in [2.75, 3.05) is 19.7 Å². The maximum atomic E-state index is 9.45. The molecule has 1 heterocycles. The monoisotopic (exact) mass is 213 g/mol. The van der Waals surface area contributed by atoms with Crippen molar-refractivity contribution in [3.8, 4) is 0 Å². The number of hydrogen-bond donors (Lipinski definition) is 2. The number of nitrogens with zero attached hydrogens (tertiary/aromatic N) is 1. The zero-order valence-corrected chi connectivity index (χ0v) is 9.44. The minimum absolute atomic E-state index is 0.0444. The molecule has 15 heavy (non-hydrogen) atoms. The largest absolute Gasteiger partial charge is 0.396 e. The zero-order chi connectivity index (χ0) is 10.7. The van der Waals surface area contributed by atoms with E-state index in [-0.39, 0.29) is 6.10 Å². The van der Waals surface area contributed by atoms with Gasteiger partial charge in [0, 0.05) is 19.2 Å². The van der Waals surface area contributed by atoms with Gasteiger partial charge >= 0.3 is 0 Å². The standard InChI is InChI=1S/C12H23NO2/c14-8-6-10-5-7-13(9-10)11-1-3-12(15)4-2-11/h10-12,14-15H,1-9H2. The van der Waals surface area contributed by atoms with Crippen LogP contribution in [0.5, 0.6) is 0 Å². The second-order valence-electron chi connectivity index (χ2n) is 5.12. The van der Waals surface area contributed by atoms with Gasteiger partial charge in [-0.1, -0.05) is 0 Å². The van der Waals surface area contributed by atoms with Crippen molar-refractivity contribution in [3.63, 3.8) is 0 Å². The van der Waals surface area contributed by atoms with E-state index < -0.39 is 0 Å². The molecule has 3 heteroatoms. The van der Waals surface area contributed by atoms with E-state index in [1.807, 2.05) is 0 Å². The Balaban J connectivity index is 1.75. The van der Waals surface area contributed by atoms with Crippen LogP contribution in [0.15, 0.2) is 0 Å². The summed E-state index contributed by atoms with van der Waals surface area (Å²) >= 11 is 0. The van der Waals surface area contributed by atoms with Crippen molar-refractivity contribution < 1.29 is 10.2 Å². The van der Waals surface area contributed by atoms with Gasteiger partial charge in [0.2, 0.25) is 0 Å². The molecule has 1 unspecified atom stereocenters. The molecule has 2 N–H and O–H groups in total. The molecular formula is C12H23NO2. The molecule has 0 bridgehead atoms. The fourth-order valence-electron chi connectivity index (χ4n) is 3.04. The zero-order valence-electron chi connectivity index (χ0n) is 9.44. The maximum absolute atomic E-state index is 9.45. The first-order valence-corrected chi connectivity index (χ1v) is 6.32. The van der Waals surface area contributed by atoms with Gasteiger partial charge in [0.05, 0.1) is 6.10 Å². The van der Waals surface area contributed by atoms with E-state index in [2.05, 4.69) is 4.90 Å². The van der Waals surface area contributed by atoms with Gasteiger partial charge in [0.15, 0.2) is 0 Å². The summed E-state index contributed by atoms with van der Waals surface area (Å²) in [5, 5.41) is 18.4. The van der Waals surface area contributed by atoms with E-state index in [0.29, 0.717) is 18.6 Å². The molecule has 0 aromatic heterocycles. The number of aliphatic hydroxyl groups is 2. The third-order valence-corrected chi connectivity index (χ3v) is 4.04. The highest BCUT2D eigenvalue weighted by Gasteiger charge is 2.30. The van der Waals surface area contributed by atoms with E-state index in [4.69, 9.17) is 5.11 Å². The Hall–Kier alpha value is -0.120. The van der Waals surface area contributed by atoms with Crippen LogP contribution in [0.25, 0.3) is 0 Å². The lowest BCUT2D eigenvalue weighted by Gasteiger charge is -2.33. The van der Waals surface area contributed by atoms with Gasteiger partial charge in [-0.25, -0.2) is 0 Å². The number of likely N-dealkylation sites (tertiary alicyclic amines) is 1. The molecule has 1 aliphatic heterocycles. The Morgan fingerprint density at radius 1 is 1.07 bits per heavy atom. The molecular weight excluding hydrogens is 190 g/mol. The lowest BCUT2D eigenvalue weighted by molar-refractivity contribution is 0.0816. The lowest BCUT2D eigenvalue weighted by Crippen LogP contribution is -2.37. The number of hydrogen-bond acceptors (Lipinski definition) is 3. The van der Waals surface area contributed by atoms with E-state index in [1.165, 1.54) is 19.5 Å². The van der Waals surface area contributed by atoms with Crippen LogP contribution in [0.4, 0.5) is 0 Å². The first kappa shape index (κ1) is 11.4. The van der Waals surface area contributed by atoms with Gasteiger partial charge in [-0.05, 0) is 51.0 Å². The molecule has 2 aliphatic rings. The molecule has 1 saturated heterocycles. The van der Waals surface area contributed by atoms with Gasteiger partial charge in [0.1, 0.15) is 0 Å². The van der Waals surface area contributed by atoms with Crippen LogP contribution >= 0.6 is 0 Å². The van der Waals surface area contributed by atoms with Crippen LogP contribution in [0, 0.1) is 5.92 Å². The van der Waals surface area contributed by atoms with E-state index in [0.717, 1.165) is 32.1 Å². The highest BCUT2D eigenvalue weighted by atomic mass is 16.3. The summed E-state index contributed by atoms with van der Waals surface area (Å²) in [7, 11) is 0. The molecule has 3 nitrogen and oxygen atoms in total. The van der Waals surface area contributed by atoms with Crippen LogP contribution in [-0.4, -0.2) is 47.0 Å². The molecule has 1 atom stereocenters. The van der Waals surface area contributed by atoms with Crippen molar-refractivity contribution in [1.82, 2.24) is 4.90 Å². The van der Waals surface area contributed by atoms with Gasteiger partial charge < -0.3 is 15.1 Å². The van der Waals surface area contributed by atoms with Crippen LogP contribution in [0.2, 0.25) is 0 Å². The Morgan fingerprint density at radius 2 is 1.80 bits per heavy atom. The Bertz CT molecular complexity index is 190. The SMILES string of the molecule is OCCC1CCN(C2CCC(O)CC2)C1. The first-order valence-electron chi connectivity index (χ1n) is 6.32. The second-order valence-corrected chi connectivity index (χ2v) is 5.12. The van der Waals surface area contributed by atoms with Crippen molar-refractivity contribution in [2.24, 2.45) is 5.92 Å². The van der Waals surface area contributed by atoms with Crippen molar-refractivity contribution in [3.05, 3.63) is 0 Å². The topological polar surface area (TPSA) is 43.7 Å². The van der Waals surface area contributed by atoms with Gasteiger partial charge in [-0.2, -0.15) is 0 Å². The summed E-state index contributed by atoms with van der Waals surface area (Å²) in [5.41, 5.74) is 0. The van der Waals surface area contributed by atoms with Crippen molar-refractivity contribution >= 4 is 0 Å². The molecule has 2 fully saturated rings. The summed E-state index contributed by atoms with van der Waals surface area (Å²) in [5.74, 6) is 0.710. The third kappa shape index (κ3) is 2.92. The number of aliphatic hydroxyl groups excluding tert-OH is 2. The van der Waals surface area contributed by atoms with Crippen molar-refractivity contribution in [1.29, 1.82) is 0 Å². The highest BCUT2D eigenvalue weighted by Crippen LogP contribution is 2.28. The Kier molecular flexibility index (Phi) is 4.00. The van der Waals surface area contributed by atoms with Crippen LogP contribution < -0.4 is 0 Å². The number of rotatable bonds is 3. The summed E-state index contributed by atoms with van der Waals surface area (Å²) in [4.78, 5) is 2.58. The average Bonchev–Trinajstić information content (AvgIpc) is 2.68.